The largest absolute Gasteiger partial charge is 0.369 e. The molecule has 5 heteroatoms. The van der Waals surface area contributed by atoms with Gasteiger partial charge >= 0.3 is 0 Å². The van der Waals surface area contributed by atoms with E-state index in [1.807, 2.05) is 6.92 Å². The van der Waals surface area contributed by atoms with Crippen LogP contribution in [-0.2, 0) is 0 Å². The monoisotopic (exact) mass is 283 g/mol. The van der Waals surface area contributed by atoms with Crippen LogP contribution in [0, 0.1) is 0 Å². The maximum absolute atomic E-state index is 11.9. The second-order valence-corrected chi connectivity index (χ2v) is 4.81. The zero-order valence-corrected chi connectivity index (χ0v) is 12.4. The van der Waals surface area contributed by atoms with Gasteiger partial charge in [-0.2, -0.15) is 0 Å². The summed E-state index contributed by atoms with van der Waals surface area (Å²) in [6, 6.07) is 1.65. The van der Waals surface area contributed by atoms with Crippen LogP contribution in [0.4, 0.5) is 5.82 Å². The highest BCUT2D eigenvalue weighted by atomic mass is 35.5. The summed E-state index contributed by atoms with van der Waals surface area (Å²) < 4.78 is 0. The van der Waals surface area contributed by atoms with Gasteiger partial charge in [0.25, 0.3) is 5.91 Å². The molecule has 0 aliphatic carbocycles. The molecule has 0 spiro atoms. The van der Waals surface area contributed by atoms with Crippen molar-refractivity contribution in [3.8, 4) is 0 Å². The van der Waals surface area contributed by atoms with E-state index in [0.29, 0.717) is 22.9 Å². The second-order valence-electron chi connectivity index (χ2n) is 4.40. The smallest absolute Gasteiger partial charge is 0.252 e. The Morgan fingerprint density at radius 1 is 1.32 bits per heavy atom. The van der Waals surface area contributed by atoms with Gasteiger partial charge in [0, 0.05) is 19.3 Å². The minimum absolute atomic E-state index is 0.117. The van der Waals surface area contributed by atoms with Crippen LogP contribution in [0.1, 0.15) is 49.9 Å². The lowest BCUT2D eigenvalue weighted by molar-refractivity contribution is 0.0952. The number of unbranched alkanes of at least 4 members (excludes halogenated alkanes) is 3. The topological polar surface area (TPSA) is 54.0 Å². The van der Waals surface area contributed by atoms with E-state index in [9.17, 15) is 4.79 Å². The van der Waals surface area contributed by atoms with E-state index < -0.39 is 0 Å². The van der Waals surface area contributed by atoms with Crippen molar-refractivity contribution in [1.29, 1.82) is 0 Å². The third-order valence-electron chi connectivity index (χ3n) is 2.76. The summed E-state index contributed by atoms with van der Waals surface area (Å²) in [5.74, 6) is 0.498. The first-order chi connectivity index (χ1) is 9.19. The molecule has 1 heterocycles. The molecule has 0 aromatic carbocycles. The summed E-state index contributed by atoms with van der Waals surface area (Å²) in [5, 5.41) is 6.38. The number of hydrogen-bond donors (Lipinski definition) is 2. The number of carbonyl (C=O) groups is 1. The van der Waals surface area contributed by atoms with Crippen molar-refractivity contribution in [2.24, 2.45) is 0 Å². The maximum Gasteiger partial charge on any atom is 0.252 e. The number of halogens is 1. The molecular formula is C14H22ClN3O. The van der Waals surface area contributed by atoms with Crippen LogP contribution in [0.15, 0.2) is 12.3 Å². The molecule has 1 aromatic heterocycles. The fraction of sp³-hybridized carbons (Fsp3) is 0.571. The van der Waals surface area contributed by atoms with Gasteiger partial charge in [0.15, 0.2) is 0 Å². The van der Waals surface area contributed by atoms with Crippen LogP contribution in [0.5, 0.6) is 0 Å². The van der Waals surface area contributed by atoms with Crippen molar-refractivity contribution in [3.05, 3.63) is 22.8 Å². The Hall–Kier alpha value is -1.29. The number of nitrogens with zero attached hydrogens (tertiary/aromatic N) is 1. The lowest BCUT2D eigenvalue weighted by atomic mass is 10.2. The van der Waals surface area contributed by atoms with E-state index in [1.54, 1.807) is 12.3 Å². The molecule has 0 fully saturated rings. The van der Waals surface area contributed by atoms with Gasteiger partial charge in [0.2, 0.25) is 0 Å². The van der Waals surface area contributed by atoms with Crippen molar-refractivity contribution in [3.63, 3.8) is 0 Å². The zero-order valence-electron chi connectivity index (χ0n) is 11.6. The molecule has 1 amide bonds. The number of carbonyl (C=O) groups excluding carboxylic acids is 1. The van der Waals surface area contributed by atoms with Crippen molar-refractivity contribution in [2.45, 2.75) is 39.5 Å². The lowest BCUT2D eigenvalue weighted by Gasteiger charge is -2.08. The molecule has 0 radical (unpaired) electrons. The number of nitrogens with one attached hydrogen (secondary N) is 2. The Labute approximate surface area is 120 Å². The molecule has 0 aliphatic heterocycles. The highest BCUT2D eigenvalue weighted by molar-refractivity contribution is 6.33. The molecule has 106 valence electrons. The van der Waals surface area contributed by atoms with E-state index in [4.69, 9.17) is 11.6 Å². The Kier molecular flexibility index (Phi) is 7.26. The number of aromatic nitrogens is 1. The van der Waals surface area contributed by atoms with Gasteiger partial charge in [-0.05, 0) is 19.4 Å². The molecule has 2 N–H and O–H groups in total. The summed E-state index contributed by atoms with van der Waals surface area (Å²) in [4.78, 5) is 16.0. The van der Waals surface area contributed by atoms with Gasteiger partial charge in [0.1, 0.15) is 5.82 Å². The van der Waals surface area contributed by atoms with Crippen LogP contribution < -0.4 is 10.6 Å². The standard InChI is InChI=1S/C14H22ClN3O/c1-3-5-6-7-8-17-14(19)11-9-12(15)13(16-4-2)18-10-11/h9-10H,3-8H2,1-2H3,(H,16,18)(H,17,19). The second kappa shape index (κ2) is 8.75. The Morgan fingerprint density at radius 3 is 2.74 bits per heavy atom. The molecule has 0 unspecified atom stereocenters. The van der Waals surface area contributed by atoms with Crippen LogP contribution >= 0.6 is 11.6 Å². The first-order valence-corrected chi connectivity index (χ1v) is 7.24. The Balaban J connectivity index is 2.46. The van der Waals surface area contributed by atoms with Gasteiger partial charge in [0.05, 0.1) is 10.6 Å². The summed E-state index contributed by atoms with van der Waals surface area (Å²) in [7, 11) is 0. The fourth-order valence-corrected chi connectivity index (χ4v) is 1.95. The predicted octanol–water partition coefficient (Wildman–Crippen LogP) is 3.48. The number of amides is 1. The average Bonchev–Trinajstić information content (AvgIpc) is 2.41. The fourth-order valence-electron chi connectivity index (χ4n) is 1.72. The molecular weight excluding hydrogens is 262 g/mol. The van der Waals surface area contributed by atoms with Crippen LogP contribution in [0.2, 0.25) is 5.02 Å². The van der Waals surface area contributed by atoms with Crippen LogP contribution in [-0.4, -0.2) is 24.0 Å². The van der Waals surface area contributed by atoms with Gasteiger partial charge in [-0.15, -0.1) is 0 Å². The minimum atomic E-state index is -0.117. The Morgan fingerprint density at radius 2 is 2.11 bits per heavy atom. The van der Waals surface area contributed by atoms with Gasteiger partial charge < -0.3 is 10.6 Å². The molecule has 0 bridgehead atoms. The molecule has 0 saturated heterocycles. The molecule has 1 aromatic rings. The van der Waals surface area contributed by atoms with Crippen molar-refractivity contribution in [2.75, 3.05) is 18.4 Å². The molecule has 1 rings (SSSR count). The third kappa shape index (κ3) is 5.47. The zero-order chi connectivity index (χ0) is 14.1. The first kappa shape index (κ1) is 15.8. The number of hydrogen-bond acceptors (Lipinski definition) is 3. The van der Waals surface area contributed by atoms with Crippen molar-refractivity contribution in [1.82, 2.24) is 10.3 Å². The van der Waals surface area contributed by atoms with E-state index >= 15 is 0 Å². The van der Waals surface area contributed by atoms with Gasteiger partial charge in [-0.3, -0.25) is 4.79 Å². The number of pyridine rings is 1. The summed E-state index contributed by atoms with van der Waals surface area (Å²) in [6.45, 7) is 5.58. The van der Waals surface area contributed by atoms with Crippen LogP contribution in [0.25, 0.3) is 0 Å². The molecule has 19 heavy (non-hydrogen) atoms. The number of rotatable bonds is 8. The summed E-state index contributed by atoms with van der Waals surface area (Å²) >= 11 is 6.05. The third-order valence-corrected chi connectivity index (χ3v) is 3.05. The lowest BCUT2D eigenvalue weighted by Crippen LogP contribution is -2.24. The quantitative estimate of drug-likeness (QED) is 0.718. The van der Waals surface area contributed by atoms with E-state index in [2.05, 4.69) is 22.5 Å². The van der Waals surface area contributed by atoms with E-state index in [-0.39, 0.29) is 5.91 Å². The van der Waals surface area contributed by atoms with Gasteiger partial charge in [-0.1, -0.05) is 37.8 Å². The molecule has 0 saturated carbocycles. The van der Waals surface area contributed by atoms with Crippen molar-refractivity contribution < 1.29 is 4.79 Å². The number of anilines is 1. The van der Waals surface area contributed by atoms with E-state index in [1.165, 1.54) is 12.8 Å². The normalized spacial score (nSPS) is 10.3. The Bertz CT molecular complexity index is 410. The highest BCUT2D eigenvalue weighted by Gasteiger charge is 2.08. The summed E-state index contributed by atoms with van der Waals surface area (Å²) in [5.41, 5.74) is 0.502. The van der Waals surface area contributed by atoms with Gasteiger partial charge in [-0.25, -0.2) is 4.98 Å². The molecule has 0 aliphatic rings. The minimum Gasteiger partial charge on any atom is -0.369 e. The molecule has 0 atom stereocenters. The average molecular weight is 284 g/mol. The maximum atomic E-state index is 11.9. The van der Waals surface area contributed by atoms with Crippen molar-refractivity contribution >= 4 is 23.3 Å². The first-order valence-electron chi connectivity index (χ1n) is 6.86. The molecule has 4 nitrogen and oxygen atoms in total. The van der Waals surface area contributed by atoms with E-state index in [0.717, 1.165) is 19.4 Å². The SMILES string of the molecule is CCCCCCNC(=O)c1cnc(NCC)c(Cl)c1. The predicted molar refractivity (Wildman–Crippen MR) is 79.9 cm³/mol. The highest BCUT2D eigenvalue weighted by Crippen LogP contribution is 2.19. The summed E-state index contributed by atoms with van der Waals surface area (Å²) in [6.07, 6.45) is 6.11. The van der Waals surface area contributed by atoms with Crippen LogP contribution in [0.3, 0.4) is 0 Å².